The van der Waals surface area contributed by atoms with Crippen molar-refractivity contribution in [3.05, 3.63) is 68.5 Å². The molecule has 0 radical (unpaired) electrons. The number of aryl methyl sites for hydroxylation is 1. The van der Waals surface area contributed by atoms with E-state index in [1.807, 2.05) is 13.8 Å². The molecule has 156 valence electrons. The van der Waals surface area contributed by atoms with E-state index in [4.69, 9.17) is 0 Å². The Balaban J connectivity index is 1.92. The monoisotopic (exact) mass is 409 g/mol. The van der Waals surface area contributed by atoms with Crippen LogP contribution in [0.2, 0.25) is 0 Å². The molecule has 9 nitrogen and oxygen atoms in total. The molecule has 1 N–H and O–H groups in total. The maximum Gasteiger partial charge on any atom is 0.332 e. The number of nitrogens with one attached hydrogen (secondary N) is 1. The Morgan fingerprint density at radius 2 is 1.73 bits per heavy atom. The molecule has 2 heterocycles. The van der Waals surface area contributed by atoms with Crippen molar-refractivity contribution in [3.8, 4) is 0 Å². The number of benzene rings is 1. The lowest BCUT2D eigenvalue weighted by atomic mass is 10.1. The van der Waals surface area contributed by atoms with E-state index in [9.17, 15) is 19.2 Å². The average Bonchev–Trinajstić information content (AvgIpc) is 2.76. The van der Waals surface area contributed by atoms with Gasteiger partial charge in [-0.05, 0) is 38.1 Å². The van der Waals surface area contributed by atoms with Gasteiger partial charge in [-0.1, -0.05) is 6.07 Å². The van der Waals surface area contributed by atoms with E-state index >= 15 is 0 Å². The molecule has 2 aromatic heterocycles. The van der Waals surface area contributed by atoms with Gasteiger partial charge in [0.15, 0.2) is 0 Å². The lowest BCUT2D eigenvalue weighted by molar-refractivity contribution is 0.0772. The molecule has 0 bridgehead atoms. The number of amides is 2. The van der Waals surface area contributed by atoms with Crippen molar-refractivity contribution in [1.29, 1.82) is 0 Å². The lowest BCUT2D eigenvalue weighted by Crippen LogP contribution is -2.37. The molecule has 1 aromatic carbocycles. The van der Waals surface area contributed by atoms with Crippen molar-refractivity contribution in [2.75, 3.05) is 18.4 Å². The van der Waals surface area contributed by atoms with Crippen LogP contribution < -0.4 is 16.6 Å². The van der Waals surface area contributed by atoms with Gasteiger partial charge in [0.1, 0.15) is 5.65 Å². The average molecular weight is 409 g/mol. The van der Waals surface area contributed by atoms with E-state index in [-0.39, 0.29) is 22.5 Å². The van der Waals surface area contributed by atoms with Crippen LogP contribution >= 0.6 is 0 Å². The number of hydrogen-bond donors (Lipinski definition) is 1. The minimum Gasteiger partial charge on any atom is -0.339 e. The number of carbonyl (C=O) groups excluding carboxylic acids is 2. The molecule has 0 unspecified atom stereocenters. The molecule has 30 heavy (non-hydrogen) atoms. The first-order valence-corrected chi connectivity index (χ1v) is 9.54. The summed E-state index contributed by atoms with van der Waals surface area (Å²) in [6, 6.07) is 8.07. The number of fused-ring (bicyclic) bond motifs is 1. The summed E-state index contributed by atoms with van der Waals surface area (Å²) in [5.41, 5.74) is 0.266. The van der Waals surface area contributed by atoms with Crippen LogP contribution in [0.3, 0.4) is 0 Å². The van der Waals surface area contributed by atoms with Crippen molar-refractivity contribution >= 4 is 28.5 Å². The highest BCUT2D eigenvalue weighted by molar-refractivity contribution is 6.06. The fraction of sp³-hybridized carbons (Fsp3) is 0.286. The fourth-order valence-electron chi connectivity index (χ4n) is 3.22. The van der Waals surface area contributed by atoms with Gasteiger partial charge in [0.05, 0.1) is 10.9 Å². The van der Waals surface area contributed by atoms with Crippen LogP contribution in [0.1, 0.15) is 34.6 Å². The molecular weight excluding hydrogens is 386 g/mol. The SMILES string of the molecule is CCN(CC)C(=O)c1cccc(NC(=O)c2cnc3c(c2)c(=O)n(C)c(=O)n3C)c1. The fourth-order valence-corrected chi connectivity index (χ4v) is 3.22. The summed E-state index contributed by atoms with van der Waals surface area (Å²) >= 11 is 0. The van der Waals surface area contributed by atoms with Crippen LogP contribution in [0.4, 0.5) is 5.69 Å². The maximum atomic E-state index is 12.7. The van der Waals surface area contributed by atoms with Crippen molar-refractivity contribution in [2.24, 2.45) is 14.1 Å². The molecule has 0 fully saturated rings. The van der Waals surface area contributed by atoms with Crippen LogP contribution in [-0.4, -0.2) is 43.9 Å². The number of hydrogen-bond acceptors (Lipinski definition) is 5. The number of rotatable bonds is 5. The Morgan fingerprint density at radius 3 is 2.40 bits per heavy atom. The van der Waals surface area contributed by atoms with Crippen molar-refractivity contribution in [3.63, 3.8) is 0 Å². The van der Waals surface area contributed by atoms with Crippen molar-refractivity contribution in [2.45, 2.75) is 13.8 Å². The topological polar surface area (TPSA) is 106 Å². The predicted octanol–water partition coefficient (Wildman–Crippen LogP) is 1.37. The molecule has 0 aliphatic rings. The molecule has 2 amide bonds. The number of anilines is 1. The zero-order valence-corrected chi connectivity index (χ0v) is 17.3. The Morgan fingerprint density at radius 1 is 1.03 bits per heavy atom. The van der Waals surface area contributed by atoms with Crippen molar-refractivity contribution < 1.29 is 9.59 Å². The van der Waals surface area contributed by atoms with E-state index in [1.54, 1.807) is 29.2 Å². The third-order valence-electron chi connectivity index (χ3n) is 4.97. The molecule has 0 spiro atoms. The third-order valence-corrected chi connectivity index (χ3v) is 4.97. The Labute approximate surface area is 172 Å². The quantitative estimate of drug-likeness (QED) is 0.685. The highest BCUT2D eigenvalue weighted by Gasteiger charge is 2.16. The standard InChI is InChI=1S/C21H23N5O4/c1-5-26(6-2)19(28)13-8-7-9-15(10-13)23-18(27)14-11-16-17(22-12-14)24(3)21(30)25(4)20(16)29/h7-12H,5-6H2,1-4H3,(H,23,27). The zero-order chi connectivity index (χ0) is 22.0. The second-order valence-corrected chi connectivity index (χ2v) is 6.81. The molecular formula is C21H23N5O4. The van der Waals surface area contributed by atoms with Gasteiger partial charge in [0.25, 0.3) is 17.4 Å². The first-order chi connectivity index (χ1) is 14.3. The number of pyridine rings is 1. The molecule has 9 heteroatoms. The van der Waals surface area contributed by atoms with Gasteiger partial charge in [-0.25, -0.2) is 9.78 Å². The molecule has 3 rings (SSSR count). The van der Waals surface area contributed by atoms with Crippen molar-refractivity contribution in [1.82, 2.24) is 19.0 Å². The highest BCUT2D eigenvalue weighted by Crippen LogP contribution is 2.15. The summed E-state index contributed by atoms with van der Waals surface area (Å²) in [6.07, 6.45) is 1.31. The zero-order valence-electron chi connectivity index (χ0n) is 17.3. The summed E-state index contributed by atoms with van der Waals surface area (Å²) in [5.74, 6) is -0.597. The molecule has 0 saturated heterocycles. The first-order valence-electron chi connectivity index (χ1n) is 9.54. The largest absolute Gasteiger partial charge is 0.339 e. The maximum absolute atomic E-state index is 12.7. The van der Waals surface area contributed by atoms with E-state index in [2.05, 4.69) is 10.3 Å². The van der Waals surface area contributed by atoms with Crippen LogP contribution in [0.5, 0.6) is 0 Å². The van der Waals surface area contributed by atoms with Crippen LogP contribution in [0, 0.1) is 0 Å². The van der Waals surface area contributed by atoms with Gasteiger partial charge in [-0.2, -0.15) is 0 Å². The Kier molecular flexibility index (Phi) is 5.81. The van der Waals surface area contributed by atoms with Gasteiger partial charge < -0.3 is 10.2 Å². The number of nitrogens with zero attached hydrogens (tertiary/aromatic N) is 4. The minimum absolute atomic E-state index is 0.118. The summed E-state index contributed by atoms with van der Waals surface area (Å²) in [7, 11) is 2.88. The second kappa shape index (κ2) is 8.32. The predicted molar refractivity (Wildman–Crippen MR) is 114 cm³/mol. The van der Waals surface area contributed by atoms with E-state index in [0.717, 1.165) is 4.57 Å². The number of aromatic nitrogens is 3. The molecule has 0 atom stereocenters. The van der Waals surface area contributed by atoms with Gasteiger partial charge in [-0.3, -0.25) is 23.5 Å². The highest BCUT2D eigenvalue weighted by atomic mass is 16.2. The lowest BCUT2D eigenvalue weighted by Gasteiger charge is -2.19. The smallest absolute Gasteiger partial charge is 0.332 e. The summed E-state index contributed by atoms with van der Waals surface area (Å²) in [5, 5.41) is 2.89. The van der Waals surface area contributed by atoms with Crippen LogP contribution in [-0.2, 0) is 14.1 Å². The van der Waals surface area contributed by atoms with E-state index in [1.165, 1.54) is 30.9 Å². The molecule has 0 aliphatic heterocycles. The van der Waals surface area contributed by atoms with Gasteiger partial charge in [-0.15, -0.1) is 0 Å². The molecule has 3 aromatic rings. The van der Waals surface area contributed by atoms with Crippen LogP contribution in [0.25, 0.3) is 11.0 Å². The minimum atomic E-state index is -0.526. The van der Waals surface area contributed by atoms with E-state index in [0.29, 0.717) is 24.3 Å². The summed E-state index contributed by atoms with van der Waals surface area (Å²) in [4.78, 5) is 55.5. The Hall–Kier alpha value is -3.75. The van der Waals surface area contributed by atoms with Gasteiger partial charge in [0, 0.05) is 44.6 Å². The van der Waals surface area contributed by atoms with Gasteiger partial charge >= 0.3 is 5.69 Å². The molecule has 0 saturated carbocycles. The Bertz CT molecular complexity index is 1250. The summed E-state index contributed by atoms with van der Waals surface area (Å²) in [6.45, 7) is 4.98. The molecule has 0 aliphatic carbocycles. The normalized spacial score (nSPS) is 10.8. The third kappa shape index (κ3) is 3.73. The number of carbonyl (C=O) groups is 2. The summed E-state index contributed by atoms with van der Waals surface area (Å²) < 4.78 is 2.22. The first kappa shape index (κ1) is 21.0. The van der Waals surface area contributed by atoms with Crippen LogP contribution in [0.15, 0.2) is 46.1 Å². The van der Waals surface area contributed by atoms with Gasteiger partial charge in [0.2, 0.25) is 0 Å². The second-order valence-electron chi connectivity index (χ2n) is 6.81. The van der Waals surface area contributed by atoms with E-state index < -0.39 is 17.2 Å².